The van der Waals surface area contributed by atoms with Crippen LogP contribution < -0.4 is 11.1 Å². The van der Waals surface area contributed by atoms with Gasteiger partial charge in [-0.3, -0.25) is 9.89 Å². The van der Waals surface area contributed by atoms with Gasteiger partial charge in [0.05, 0.1) is 25.8 Å². The Balaban J connectivity index is 0.00000264. The average Bonchev–Trinajstić information content (AvgIpc) is 3.02. The molecule has 1 atom stereocenters. The summed E-state index contributed by atoms with van der Waals surface area (Å²) in [6.07, 6.45) is 1.11. The zero-order valence-corrected chi connectivity index (χ0v) is 17.2. The molecule has 0 amide bonds. The summed E-state index contributed by atoms with van der Waals surface area (Å²) in [4.78, 5) is 8.35. The molecule has 0 aromatic carbocycles. The topological polar surface area (TPSA) is 62.9 Å². The van der Waals surface area contributed by atoms with Crippen LogP contribution in [-0.2, 0) is 4.74 Å². The van der Waals surface area contributed by atoms with Crippen molar-refractivity contribution in [3.8, 4) is 0 Å². The normalized spacial score (nSPS) is 17.8. The standard InChI is InChI=1S/C16H28N4OS.HI/c1-13(2)5-6-18-16(17)19-12-14(15-4-3-11-22-15)20-7-9-21-10-8-20;/h3-4,11,13-14H,5-10,12H2,1-2H3,(H3,17,18,19);1H. The average molecular weight is 452 g/mol. The van der Waals surface area contributed by atoms with Crippen LogP contribution in [0.5, 0.6) is 0 Å². The fraction of sp³-hybridized carbons (Fsp3) is 0.688. The second-order valence-electron chi connectivity index (χ2n) is 6.01. The number of halogens is 1. The van der Waals surface area contributed by atoms with E-state index in [4.69, 9.17) is 10.5 Å². The quantitative estimate of drug-likeness (QED) is 0.380. The first kappa shape index (κ1) is 20.7. The first-order chi connectivity index (χ1) is 10.7. The van der Waals surface area contributed by atoms with Crippen molar-refractivity contribution >= 4 is 41.3 Å². The third-order valence-corrected chi connectivity index (χ3v) is 4.79. The minimum absolute atomic E-state index is 0. The first-order valence-corrected chi connectivity index (χ1v) is 8.93. The van der Waals surface area contributed by atoms with Crippen LogP contribution in [0.15, 0.2) is 22.5 Å². The number of guanidine groups is 1. The highest BCUT2D eigenvalue weighted by molar-refractivity contribution is 14.0. The van der Waals surface area contributed by atoms with Gasteiger partial charge in [-0.1, -0.05) is 19.9 Å². The number of hydrogen-bond acceptors (Lipinski definition) is 4. The van der Waals surface area contributed by atoms with E-state index in [0.29, 0.717) is 24.5 Å². The van der Waals surface area contributed by atoms with Crippen LogP contribution in [0.1, 0.15) is 31.2 Å². The molecule has 0 bridgehead atoms. The van der Waals surface area contributed by atoms with Crippen molar-refractivity contribution in [1.29, 1.82) is 0 Å². The number of rotatable bonds is 7. The number of hydrogen-bond donors (Lipinski definition) is 2. The Labute approximate surface area is 160 Å². The van der Waals surface area contributed by atoms with E-state index in [9.17, 15) is 0 Å². The summed E-state index contributed by atoms with van der Waals surface area (Å²) in [6, 6.07) is 4.58. The van der Waals surface area contributed by atoms with Gasteiger partial charge in [0.2, 0.25) is 0 Å². The zero-order chi connectivity index (χ0) is 15.8. The molecular weight excluding hydrogens is 423 g/mol. The number of nitrogens with zero attached hydrogens (tertiary/aromatic N) is 2. The summed E-state index contributed by atoms with van der Waals surface area (Å²) in [5, 5.41) is 5.33. The largest absolute Gasteiger partial charge is 0.379 e. The van der Waals surface area contributed by atoms with E-state index in [-0.39, 0.29) is 24.0 Å². The van der Waals surface area contributed by atoms with Gasteiger partial charge >= 0.3 is 0 Å². The van der Waals surface area contributed by atoms with Crippen molar-refractivity contribution in [2.75, 3.05) is 39.4 Å². The highest BCUT2D eigenvalue weighted by Crippen LogP contribution is 2.26. The van der Waals surface area contributed by atoms with Crippen LogP contribution >= 0.6 is 35.3 Å². The van der Waals surface area contributed by atoms with Crippen LogP contribution in [0.3, 0.4) is 0 Å². The lowest BCUT2D eigenvalue weighted by molar-refractivity contribution is 0.0187. The molecule has 1 aliphatic heterocycles. The summed E-state index contributed by atoms with van der Waals surface area (Å²) in [6.45, 7) is 9.51. The van der Waals surface area contributed by atoms with E-state index < -0.39 is 0 Å². The molecule has 0 radical (unpaired) electrons. The molecule has 7 heteroatoms. The summed E-state index contributed by atoms with van der Waals surface area (Å²) >= 11 is 1.79. The van der Waals surface area contributed by atoms with Gasteiger partial charge in [-0.2, -0.15) is 0 Å². The fourth-order valence-electron chi connectivity index (χ4n) is 2.49. The summed E-state index contributed by atoms with van der Waals surface area (Å²) in [7, 11) is 0. The Bertz CT molecular complexity index is 447. The number of nitrogens with one attached hydrogen (secondary N) is 1. The minimum atomic E-state index is 0. The van der Waals surface area contributed by atoms with Gasteiger partial charge in [-0.25, -0.2) is 0 Å². The summed E-state index contributed by atoms with van der Waals surface area (Å²) < 4.78 is 5.46. The Hall–Kier alpha value is -0.380. The molecule has 0 aliphatic carbocycles. The van der Waals surface area contributed by atoms with Gasteiger partial charge in [-0.15, -0.1) is 35.3 Å². The Morgan fingerprint density at radius 2 is 2.17 bits per heavy atom. The molecule has 0 spiro atoms. The van der Waals surface area contributed by atoms with E-state index in [1.807, 2.05) is 0 Å². The molecule has 0 saturated carbocycles. The van der Waals surface area contributed by atoms with Crippen LogP contribution in [0.4, 0.5) is 0 Å². The molecular formula is C16H29IN4OS. The monoisotopic (exact) mass is 452 g/mol. The molecule has 23 heavy (non-hydrogen) atoms. The van der Waals surface area contributed by atoms with Crippen molar-refractivity contribution in [2.24, 2.45) is 16.6 Å². The van der Waals surface area contributed by atoms with Gasteiger partial charge in [0.25, 0.3) is 0 Å². The van der Waals surface area contributed by atoms with E-state index in [1.54, 1.807) is 11.3 Å². The Morgan fingerprint density at radius 1 is 1.43 bits per heavy atom. The number of thiophene rings is 1. The summed E-state index contributed by atoms with van der Waals surface area (Å²) in [5.41, 5.74) is 5.99. The maximum absolute atomic E-state index is 5.99. The molecule has 1 saturated heterocycles. The van der Waals surface area contributed by atoms with E-state index in [2.05, 4.69) is 46.6 Å². The smallest absolute Gasteiger partial charge is 0.188 e. The van der Waals surface area contributed by atoms with E-state index in [1.165, 1.54) is 4.88 Å². The lowest BCUT2D eigenvalue weighted by Gasteiger charge is -2.33. The van der Waals surface area contributed by atoms with Crippen molar-refractivity contribution < 1.29 is 4.74 Å². The second-order valence-corrected chi connectivity index (χ2v) is 6.99. The molecule has 132 valence electrons. The Kier molecular flexibility index (Phi) is 10.1. The number of ether oxygens (including phenoxy) is 1. The van der Waals surface area contributed by atoms with Gasteiger partial charge in [0, 0.05) is 24.5 Å². The predicted octanol–water partition coefficient (Wildman–Crippen LogP) is 2.69. The highest BCUT2D eigenvalue weighted by atomic mass is 127. The lowest BCUT2D eigenvalue weighted by Crippen LogP contribution is -2.40. The molecule has 2 heterocycles. The van der Waals surface area contributed by atoms with Gasteiger partial charge in [0.15, 0.2) is 5.96 Å². The second kappa shape index (κ2) is 11.2. The van der Waals surface area contributed by atoms with E-state index in [0.717, 1.165) is 39.3 Å². The lowest BCUT2D eigenvalue weighted by atomic mass is 10.1. The maximum Gasteiger partial charge on any atom is 0.188 e. The highest BCUT2D eigenvalue weighted by Gasteiger charge is 2.23. The van der Waals surface area contributed by atoms with Crippen LogP contribution in [0.25, 0.3) is 0 Å². The molecule has 5 nitrogen and oxygen atoms in total. The molecule has 1 aliphatic rings. The molecule has 1 unspecified atom stereocenters. The number of nitrogens with two attached hydrogens (primary N) is 1. The molecule has 1 aromatic rings. The van der Waals surface area contributed by atoms with Crippen molar-refractivity contribution in [3.05, 3.63) is 22.4 Å². The van der Waals surface area contributed by atoms with Gasteiger partial charge < -0.3 is 15.8 Å². The van der Waals surface area contributed by atoms with Crippen LogP contribution in [0, 0.1) is 5.92 Å². The number of morpholine rings is 1. The summed E-state index contributed by atoms with van der Waals surface area (Å²) in [5.74, 6) is 1.22. The third kappa shape index (κ3) is 7.36. The maximum atomic E-state index is 5.99. The molecule has 3 N–H and O–H groups in total. The predicted molar refractivity (Wildman–Crippen MR) is 109 cm³/mol. The van der Waals surface area contributed by atoms with Crippen molar-refractivity contribution in [1.82, 2.24) is 10.2 Å². The molecule has 1 fully saturated rings. The number of aliphatic imine (C=N–C) groups is 1. The van der Waals surface area contributed by atoms with Crippen LogP contribution in [0.2, 0.25) is 0 Å². The van der Waals surface area contributed by atoms with Gasteiger partial charge in [0.1, 0.15) is 0 Å². The molecule has 2 rings (SSSR count). The first-order valence-electron chi connectivity index (χ1n) is 8.06. The fourth-order valence-corrected chi connectivity index (χ4v) is 3.34. The van der Waals surface area contributed by atoms with Gasteiger partial charge in [-0.05, 0) is 23.8 Å². The SMILES string of the molecule is CC(C)CCNC(N)=NCC(c1cccs1)N1CCOCC1.I. The zero-order valence-electron chi connectivity index (χ0n) is 14.0. The van der Waals surface area contributed by atoms with Crippen molar-refractivity contribution in [3.63, 3.8) is 0 Å². The minimum Gasteiger partial charge on any atom is -0.379 e. The van der Waals surface area contributed by atoms with Crippen molar-refractivity contribution in [2.45, 2.75) is 26.3 Å². The van der Waals surface area contributed by atoms with E-state index >= 15 is 0 Å². The van der Waals surface area contributed by atoms with Crippen LogP contribution in [-0.4, -0.2) is 50.3 Å². The molecule has 1 aromatic heterocycles. The Morgan fingerprint density at radius 3 is 2.78 bits per heavy atom. The third-order valence-electron chi connectivity index (χ3n) is 3.82.